The van der Waals surface area contributed by atoms with Gasteiger partial charge in [-0.15, -0.1) is 11.3 Å². The summed E-state index contributed by atoms with van der Waals surface area (Å²) in [5.74, 6) is 0.453. The van der Waals surface area contributed by atoms with E-state index < -0.39 is 0 Å². The fourth-order valence-electron chi connectivity index (χ4n) is 2.46. The van der Waals surface area contributed by atoms with Crippen LogP contribution in [0.4, 0.5) is 0 Å². The van der Waals surface area contributed by atoms with Crippen LogP contribution in [0.3, 0.4) is 0 Å². The third kappa shape index (κ3) is 2.37. The molecule has 92 valence electrons. The van der Waals surface area contributed by atoms with Gasteiger partial charge in [0.15, 0.2) is 0 Å². The summed E-state index contributed by atoms with van der Waals surface area (Å²) in [5, 5.41) is 2.14. The second-order valence-electron chi connectivity index (χ2n) is 4.76. The lowest BCUT2D eigenvalue weighted by Crippen LogP contribution is -2.29. The van der Waals surface area contributed by atoms with Crippen LogP contribution in [0.25, 0.3) is 5.57 Å². The highest BCUT2D eigenvalue weighted by Gasteiger charge is 2.20. The van der Waals surface area contributed by atoms with E-state index in [0.717, 1.165) is 13.1 Å². The van der Waals surface area contributed by atoms with Crippen molar-refractivity contribution in [3.8, 4) is 0 Å². The summed E-state index contributed by atoms with van der Waals surface area (Å²) in [6.45, 7) is 2.11. The Morgan fingerprint density at radius 1 is 1.33 bits per heavy atom. The molecule has 18 heavy (non-hydrogen) atoms. The van der Waals surface area contributed by atoms with Crippen LogP contribution in [0.2, 0.25) is 0 Å². The second-order valence-corrected chi connectivity index (χ2v) is 5.71. The minimum atomic E-state index is 0.453. The van der Waals surface area contributed by atoms with Gasteiger partial charge in [0, 0.05) is 36.3 Å². The van der Waals surface area contributed by atoms with Crippen molar-refractivity contribution in [2.24, 2.45) is 0 Å². The van der Waals surface area contributed by atoms with Crippen LogP contribution in [0.5, 0.6) is 0 Å². The number of hydrogen-bond acceptors (Lipinski definition) is 3. The van der Waals surface area contributed by atoms with Gasteiger partial charge >= 0.3 is 0 Å². The molecular formula is C15H16N2S. The van der Waals surface area contributed by atoms with Crippen molar-refractivity contribution in [3.63, 3.8) is 0 Å². The van der Waals surface area contributed by atoms with Crippen LogP contribution in [-0.4, -0.2) is 30.0 Å². The maximum atomic E-state index is 4.23. The fourth-order valence-corrected chi connectivity index (χ4v) is 3.20. The van der Waals surface area contributed by atoms with E-state index >= 15 is 0 Å². The van der Waals surface area contributed by atoms with Crippen molar-refractivity contribution in [1.82, 2.24) is 9.88 Å². The lowest BCUT2D eigenvalue weighted by Gasteiger charge is -2.29. The van der Waals surface area contributed by atoms with Crippen LogP contribution in [0, 0.1) is 0 Å². The summed E-state index contributed by atoms with van der Waals surface area (Å²) in [7, 11) is 2.18. The third-order valence-electron chi connectivity index (χ3n) is 3.30. The Balaban J connectivity index is 1.94. The zero-order valence-electron chi connectivity index (χ0n) is 10.4. The highest BCUT2D eigenvalue weighted by molar-refractivity contribution is 7.11. The highest BCUT2D eigenvalue weighted by atomic mass is 32.1. The van der Waals surface area contributed by atoms with E-state index in [1.54, 1.807) is 0 Å². The minimum Gasteiger partial charge on any atom is -0.301 e. The Bertz CT molecular complexity index is 531. The van der Waals surface area contributed by atoms with Crippen molar-refractivity contribution < 1.29 is 0 Å². The van der Waals surface area contributed by atoms with Crippen LogP contribution in [0.1, 0.15) is 16.4 Å². The van der Waals surface area contributed by atoms with Gasteiger partial charge < -0.3 is 4.90 Å². The molecule has 1 aliphatic rings. The van der Waals surface area contributed by atoms with Gasteiger partial charge in [-0.05, 0) is 35.7 Å². The van der Waals surface area contributed by atoms with E-state index in [4.69, 9.17) is 0 Å². The standard InChI is InChI=1S/C15H16N2S/c1-17-10-13(12-4-2-6-16-9-12)8-14(11-17)15-5-3-7-18-15/h2-9,13H,10-11H2,1H3. The predicted molar refractivity (Wildman–Crippen MR) is 76.8 cm³/mol. The summed E-state index contributed by atoms with van der Waals surface area (Å²) in [6, 6.07) is 8.51. The van der Waals surface area contributed by atoms with Crippen LogP contribution >= 0.6 is 11.3 Å². The van der Waals surface area contributed by atoms with Crippen molar-refractivity contribution in [1.29, 1.82) is 0 Å². The smallest absolute Gasteiger partial charge is 0.0312 e. The topological polar surface area (TPSA) is 16.1 Å². The van der Waals surface area contributed by atoms with Gasteiger partial charge in [0.25, 0.3) is 0 Å². The SMILES string of the molecule is CN1CC(c2cccs2)=CC(c2cccnc2)C1. The molecule has 0 saturated heterocycles. The van der Waals surface area contributed by atoms with Crippen molar-refractivity contribution in [2.45, 2.75) is 5.92 Å². The summed E-state index contributed by atoms with van der Waals surface area (Å²) in [5.41, 5.74) is 2.74. The van der Waals surface area contributed by atoms with Gasteiger partial charge in [-0.2, -0.15) is 0 Å². The van der Waals surface area contributed by atoms with Crippen molar-refractivity contribution >= 4 is 16.9 Å². The first kappa shape index (κ1) is 11.6. The molecule has 1 aliphatic heterocycles. The molecule has 0 amide bonds. The molecule has 0 bridgehead atoms. The molecule has 2 nitrogen and oxygen atoms in total. The van der Waals surface area contributed by atoms with Gasteiger partial charge in [0.2, 0.25) is 0 Å². The lowest BCUT2D eigenvalue weighted by atomic mass is 9.93. The molecule has 0 aromatic carbocycles. The summed E-state index contributed by atoms with van der Waals surface area (Å²) < 4.78 is 0. The maximum absolute atomic E-state index is 4.23. The van der Waals surface area contributed by atoms with Crippen LogP contribution in [-0.2, 0) is 0 Å². The van der Waals surface area contributed by atoms with E-state index in [9.17, 15) is 0 Å². The summed E-state index contributed by atoms with van der Waals surface area (Å²) >= 11 is 1.82. The average Bonchev–Trinajstić information content (AvgIpc) is 2.93. The second kappa shape index (κ2) is 5.04. The summed E-state index contributed by atoms with van der Waals surface area (Å²) in [4.78, 5) is 7.99. The van der Waals surface area contributed by atoms with E-state index in [1.165, 1.54) is 16.0 Å². The average molecular weight is 256 g/mol. The first-order chi connectivity index (χ1) is 8.83. The molecule has 0 radical (unpaired) electrons. The largest absolute Gasteiger partial charge is 0.301 e. The van der Waals surface area contributed by atoms with Crippen molar-refractivity contribution in [2.75, 3.05) is 20.1 Å². The highest BCUT2D eigenvalue weighted by Crippen LogP contribution is 2.30. The Kier molecular flexibility index (Phi) is 3.26. The Hall–Kier alpha value is -1.45. The first-order valence-electron chi connectivity index (χ1n) is 6.16. The molecule has 0 fully saturated rings. The predicted octanol–water partition coefficient (Wildman–Crippen LogP) is 3.26. The van der Waals surface area contributed by atoms with Gasteiger partial charge in [-0.3, -0.25) is 4.98 Å². The van der Waals surface area contributed by atoms with Crippen LogP contribution < -0.4 is 0 Å². The Labute approximate surface area is 112 Å². The number of aromatic nitrogens is 1. The van der Waals surface area contributed by atoms with Gasteiger partial charge in [0.1, 0.15) is 0 Å². The molecule has 2 aromatic rings. The zero-order valence-corrected chi connectivity index (χ0v) is 11.2. The molecule has 3 rings (SSSR count). The van der Waals surface area contributed by atoms with Gasteiger partial charge in [-0.25, -0.2) is 0 Å². The summed E-state index contributed by atoms with van der Waals surface area (Å²) in [6.07, 6.45) is 6.22. The number of likely N-dealkylation sites (N-methyl/N-ethyl adjacent to an activating group) is 1. The number of pyridine rings is 1. The quantitative estimate of drug-likeness (QED) is 0.820. The first-order valence-corrected chi connectivity index (χ1v) is 7.04. The van der Waals surface area contributed by atoms with E-state index in [2.05, 4.69) is 46.6 Å². The minimum absolute atomic E-state index is 0.453. The number of hydrogen-bond donors (Lipinski definition) is 0. The van der Waals surface area contributed by atoms with E-state index in [-0.39, 0.29) is 0 Å². The number of thiophene rings is 1. The third-order valence-corrected chi connectivity index (χ3v) is 4.25. The fraction of sp³-hybridized carbons (Fsp3) is 0.267. The molecule has 3 heterocycles. The molecular weight excluding hydrogens is 240 g/mol. The van der Waals surface area contributed by atoms with Crippen LogP contribution in [0.15, 0.2) is 48.1 Å². The molecule has 0 saturated carbocycles. The normalized spacial score (nSPS) is 20.7. The molecule has 0 N–H and O–H groups in total. The molecule has 0 aliphatic carbocycles. The number of nitrogens with zero attached hydrogens (tertiary/aromatic N) is 2. The van der Waals surface area contributed by atoms with E-state index in [1.807, 2.05) is 29.8 Å². The van der Waals surface area contributed by atoms with Crippen molar-refractivity contribution in [3.05, 3.63) is 58.6 Å². The van der Waals surface area contributed by atoms with E-state index in [0.29, 0.717) is 5.92 Å². The molecule has 1 atom stereocenters. The molecule has 0 spiro atoms. The number of rotatable bonds is 2. The van der Waals surface area contributed by atoms with Gasteiger partial charge in [-0.1, -0.05) is 18.2 Å². The molecule has 3 heteroatoms. The lowest BCUT2D eigenvalue weighted by molar-refractivity contribution is 0.352. The molecule has 1 unspecified atom stereocenters. The monoisotopic (exact) mass is 256 g/mol. The molecule has 2 aromatic heterocycles. The zero-order chi connectivity index (χ0) is 12.4. The Morgan fingerprint density at radius 2 is 2.28 bits per heavy atom. The van der Waals surface area contributed by atoms with Gasteiger partial charge in [0.05, 0.1) is 0 Å². The maximum Gasteiger partial charge on any atom is 0.0312 e. The Morgan fingerprint density at radius 3 is 3.00 bits per heavy atom.